The first kappa shape index (κ1) is 16.0. The number of alkyl halides is 1. The van der Waals surface area contributed by atoms with Crippen molar-refractivity contribution >= 4 is 17.4 Å². The molecule has 23 heavy (non-hydrogen) atoms. The van der Waals surface area contributed by atoms with Gasteiger partial charge in [-0.3, -0.25) is 14.4 Å². The van der Waals surface area contributed by atoms with Gasteiger partial charge in [0.25, 0.3) is 5.91 Å². The minimum absolute atomic E-state index is 0.0000340. The van der Waals surface area contributed by atoms with E-state index < -0.39 is 6.17 Å². The van der Waals surface area contributed by atoms with E-state index in [2.05, 4.69) is 19.6 Å². The lowest BCUT2D eigenvalue weighted by atomic mass is 10.2. The summed E-state index contributed by atoms with van der Waals surface area (Å²) >= 11 is 1.07. The number of halogens is 1. The average Bonchev–Trinajstić information content (AvgIpc) is 3.22. The fraction of sp³-hybridized carbons (Fsp3) is 0.571. The van der Waals surface area contributed by atoms with Gasteiger partial charge in [0.2, 0.25) is 0 Å². The van der Waals surface area contributed by atoms with Crippen molar-refractivity contribution in [2.75, 3.05) is 20.1 Å². The summed E-state index contributed by atoms with van der Waals surface area (Å²) in [6, 6.07) is 0.0000340. The fourth-order valence-corrected chi connectivity index (χ4v) is 3.45. The molecular weight excluding hydrogens is 319 g/mol. The molecule has 1 amide bonds. The fourth-order valence-electron chi connectivity index (χ4n) is 2.94. The van der Waals surface area contributed by atoms with Crippen LogP contribution < -0.4 is 0 Å². The molecule has 1 aliphatic rings. The van der Waals surface area contributed by atoms with E-state index in [1.54, 1.807) is 22.8 Å². The predicted octanol–water partition coefficient (Wildman–Crippen LogP) is 0.956. The second-order valence-electron chi connectivity index (χ2n) is 5.91. The average molecular weight is 338 g/mol. The largest absolute Gasteiger partial charge is 0.339 e. The van der Waals surface area contributed by atoms with Gasteiger partial charge in [-0.25, -0.2) is 4.39 Å². The molecule has 0 aromatic carbocycles. The number of hydrogen-bond donors (Lipinski definition) is 0. The molecule has 0 radical (unpaired) electrons. The Labute approximate surface area is 137 Å². The molecule has 2 aromatic rings. The molecule has 2 atom stereocenters. The Hall–Kier alpha value is -1.87. The molecule has 0 aliphatic carbocycles. The summed E-state index contributed by atoms with van der Waals surface area (Å²) in [6.45, 7) is 1.52. The monoisotopic (exact) mass is 338 g/mol. The van der Waals surface area contributed by atoms with E-state index in [9.17, 15) is 9.18 Å². The third kappa shape index (κ3) is 3.73. The summed E-state index contributed by atoms with van der Waals surface area (Å²) in [5.41, 5.74) is 1.05. The van der Waals surface area contributed by atoms with Gasteiger partial charge in [-0.2, -0.15) is 5.10 Å². The Morgan fingerprint density at radius 1 is 1.52 bits per heavy atom. The number of nitrogens with zero attached hydrogens (tertiary/aromatic N) is 6. The number of likely N-dealkylation sites (tertiary alicyclic amines) is 1. The molecule has 1 aliphatic heterocycles. The first-order valence-electron chi connectivity index (χ1n) is 7.41. The lowest BCUT2D eigenvalue weighted by Gasteiger charge is -2.27. The van der Waals surface area contributed by atoms with E-state index in [1.807, 2.05) is 13.2 Å². The predicted molar refractivity (Wildman–Crippen MR) is 83.8 cm³/mol. The molecule has 2 aromatic heterocycles. The highest BCUT2D eigenvalue weighted by Gasteiger charge is 2.33. The highest BCUT2D eigenvalue weighted by Crippen LogP contribution is 2.23. The van der Waals surface area contributed by atoms with Crippen molar-refractivity contribution in [1.29, 1.82) is 0 Å². The van der Waals surface area contributed by atoms with Gasteiger partial charge in [-0.15, -0.1) is 5.10 Å². The number of aryl methyl sites for hydroxylation is 1. The van der Waals surface area contributed by atoms with E-state index in [-0.39, 0.29) is 11.9 Å². The molecule has 3 rings (SSSR count). The van der Waals surface area contributed by atoms with Crippen LogP contribution in [0.2, 0.25) is 0 Å². The quantitative estimate of drug-likeness (QED) is 0.812. The Bertz CT molecular complexity index is 660. The second-order valence-corrected chi connectivity index (χ2v) is 6.69. The Morgan fingerprint density at radius 2 is 2.35 bits per heavy atom. The Morgan fingerprint density at radius 3 is 3.00 bits per heavy atom. The highest BCUT2D eigenvalue weighted by molar-refractivity contribution is 7.07. The van der Waals surface area contributed by atoms with Crippen LogP contribution in [-0.2, 0) is 13.6 Å². The van der Waals surface area contributed by atoms with Crippen LogP contribution in [0.25, 0.3) is 0 Å². The number of aromatic nitrogens is 4. The van der Waals surface area contributed by atoms with Crippen molar-refractivity contribution in [3.63, 3.8) is 0 Å². The summed E-state index contributed by atoms with van der Waals surface area (Å²) in [5.74, 6) is -0.122. The van der Waals surface area contributed by atoms with Gasteiger partial charge in [0.05, 0.1) is 12.4 Å². The van der Waals surface area contributed by atoms with Gasteiger partial charge >= 0.3 is 0 Å². The van der Waals surface area contributed by atoms with Crippen LogP contribution >= 0.6 is 11.5 Å². The first-order valence-corrected chi connectivity index (χ1v) is 8.18. The van der Waals surface area contributed by atoms with Gasteiger partial charge < -0.3 is 4.90 Å². The van der Waals surface area contributed by atoms with Gasteiger partial charge in [0, 0.05) is 51.5 Å². The molecule has 0 bridgehead atoms. The zero-order chi connectivity index (χ0) is 16.4. The van der Waals surface area contributed by atoms with E-state index in [0.29, 0.717) is 30.9 Å². The summed E-state index contributed by atoms with van der Waals surface area (Å²) in [5, 5.41) is 7.83. The molecule has 0 spiro atoms. The number of carbonyl (C=O) groups is 1. The summed E-state index contributed by atoms with van der Waals surface area (Å²) in [4.78, 5) is 16.5. The van der Waals surface area contributed by atoms with Crippen LogP contribution in [0.5, 0.6) is 0 Å². The lowest BCUT2D eigenvalue weighted by Crippen LogP contribution is -2.40. The van der Waals surface area contributed by atoms with Gasteiger partial charge in [0.15, 0.2) is 0 Å². The molecule has 124 valence electrons. The summed E-state index contributed by atoms with van der Waals surface area (Å²) in [7, 11) is 3.59. The van der Waals surface area contributed by atoms with Crippen molar-refractivity contribution in [2.24, 2.45) is 7.05 Å². The van der Waals surface area contributed by atoms with Gasteiger partial charge in [-0.1, -0.05) is 4.49 Å². The van der Waals surface area contributed by atoms with Crippen LogP contribution in [0, 0.1) is 0 Å². The molecule has 0 saturated carbocycles. The van der Waals surface area contributed by atoms with E-state index >= 15 is 0 Å². The maximum Gasteiger partial charge on any atom is 0.267 e. The van der Waals surface area contributed by atoms with Crippen LogP contribution in [0.4, 0.5) is 4.39 Å². The van der Waals surface area contributed by atoms with Crippen molar-refractivity contribution < 1.29 is 9.18 Å². The minimum Gasteiger partial charge on any atom is -0.339 e. The molecule has 1 saturated heterocycles. The minimum atomic E-state index is -0.856. The number of rotatable bonds is 5. The third-order valence-electron chi connectivity index (χ3n) is 4.02. The third-order valence-corrected chi connectivity index (χ3v) is 4.68. The molecule has 7 nitrogen and oxygen atoms in total. The molecule has 0 unspecified atom stereocenters. The Balaban J connectivity index is 1.63. The van der Waals surface area contributed by atoms with E-state index in [4.69, 9.17) is 0 Å². The number of likely N-dealkylation sites (N-methyl/N-ethyl adjacent to an activating group) is 1. The molecule has 0 N–H and O–H groups in total. The van der Waals surface area contributed by atoms with Gasteiger partial charge in [0.1, 0.15) is 11.0 Å². The van der Waals surface area contributed by atoms with E-state index in [0.717, 1.165) is 17.1 Å². The molecule has 1 fully saturated rings. The summed E-state index contributed by atoms with van der Waals surface area (Å²) in [6.07, 6.45) is 4.77. The number of amides is 1. The summed E-state index contributed by atoms with van der Waals surface area (Å²) < 4.78 is 19.3. The van der Waals surface area contributed by atoms with Crippen molar-refractivity contribution in [3.05, 3.63) is 29.0 Å². The molecule has 3 heterocycles. The second kappa shape index (κ2) is 6.71. The highest BCUT2D eigenvalue weighted by atomic mass is 32.1. The maximum atomic E-state index is 13.9. The standard InChI is InChI=1S/C14H19FN6OS/c1-19(14(22)13-5-16-18-23-13)9-12-3-11(15)8-21(12)7-10-4-17-20(2)6-10/h4-6,11-12H,3,7-9H2,1-2H3/t11-,12-/m0/s1. The topological polar surface area (TPSA) is 67.2 Å². The van der Waals surface area contributed by atoms with Gasteiger partial charge in [-0.05, 0) is 18.0 Å². The molecule has 9 heteroatoms. The SMILES string of the molecule is CN(C[C@@H]1C[C@H](F)CN1Cc1cnn(C)c1)C(=O)c1cnns1. The zero-order valence-corrected chi connectivity index (χ0v) is 13.9. The van der Waals surface area contributed by atoms with E-state index in [1.165, 1.54) is 6.20 Å². The lowest BCUT2D eigenvalue weighted by molar-refractivity contribution is 0.0754. The van der Waals surface area contributed by atoms with Crippen LogP contribution in [0.3, 0.4) is 0 Å². The van der Waals surface area contributed by atoms with Crippen LogP contribution in [0.1, 0.15) is 21.7 Å². The smallest absolute Gasteiger partial charge is 0.267 e. The van der Waals surface area contributed by atoms with Crippen molar-refractivity contribution in [1.82, 2.24) is 29.2 Å². The molecular formula is C14H19FN6OS. The Kier molecular flexibility index (Phi) is 4.67. The first-order chi connectivity index (χ1) is 11.0. The van der Waals surface area contributed by atoms with Crippen molar-refractivity contribution in [3.8, 4) is 0 Å². The van der Waals surface area contributed by atoms with Crippen LogP contribution in [-0.4, -0.2) is 67.4 Å². The zero-order valence-electron chi connectivity index (χ0n) is 13.1. The number of hydrogen-bond acceptors (Lipinski definition) is 6. The maximum absolute atomic E-state index is 13.9. The van der Waals surface area contributed by atoms with Crippen LogP contribution in [0.15, 0.2) is 18.6 Å². The van der Waals surface area contributed by atoms with Crippen molar-refractivity contribution in [2.45, 2.75) is 25.2 Å². The normalized spacial score (nSPS) is 21.7. The number of carbonyl (C=O) groups excluding carboxylic acids is 1.